The first kappa shape index (κ1) is 11.0. The second kappa shape index (κ2) is 4.14. The molecule has 0 unspecified atom stereocenters. The highest BCUT2D eigenvalue weighted by Crippen LogP contribution is 2.32. The van der Waals surface area contributed by atoms with Gasteiger partial charge in [-0.2, -0.15) is 0 Å². The zero-order valence-electron chi connectivity index (χ0n) is 9.40. The number of rotatable bonds is 2. The molecule has 0 atom stereocenters. The molecule has 0 bridgehead atoms. The third-order valence-corrected chi connectivity index (χ3v) is 3.23. The molecule has 2 rings (SSSR count). The van der Waals surface area contributed by atoms with Crippen molar-refractivity contribution in [3.05, 3.63) is 29.8 Å². The molecule has 0 aliphatic rings. The van der Waals surface area contributed by atoms with Crippen LogP contribution in [0.25, 0.3) is 11.3 Å². The lowest BCUT2D eigenvalue weighted by Gasteiger charge is -2.05. The van der Waals surface area contributed by atoms with E-state index in [1.165, 1.54) is 16.9 Å². The Hall–Kier alpha value is -1.55. The minimum Gasteiger partial charge on any atom is -0.389 e. The molecule has 4 N–H and O–H groups in total. The number of hydrogen-bond donors (Lipinski definition) is 2. The lowest BCUT2D eigenvalue weighted by atomic mass is 10.0. The number of nitrogens with zero attached hydrogens (tertiary/aromatic N) is 1. The molecular formula is C12H15N3S. The van der Waals surface area contributed by atoms with E-state index in [0.717, 1.165) is 11.3 Å². The van der Waals surface area contributed by atoms with E-state index in [-0.39, 0.29) is 0 Å². The average Bonchev–Trinajstić information content (AvgIpc) is 2.58. The minimum absolute atomic E-state index is 0.514. The average molecular weight is 233 g/mol. The Morgan fingerprint density at radius 2 is 1.75 bits per heavy atom. The lowest BCUT2D eigenvalue weighted by molar-refractivity contribution is 0.867. The Kier molecular flexibility index (Phi) is 2.83. The fourth-order valence-electron chi connectivity index (χ4n) is 1.58. The van der Waals surface area contributed by atoms with E-state index in [1.807, 2.05) is 12.1 Å². The first-order valence-corrected chi connectivity index (χ1v) is 6.01. The van der Waals surface area contributed by atoms with Gasteiger partial charge in [0, 0.05) is 5.56 Å². The zero-order valence-corrected chi connectivity index (χ0v) is 10.2. The molecule has 0 aliphatic carbocycles. The normalized spacial score (nSPS) is 10.9. The molecule has 84 valence electrons. The lowest BCUT2D eigenvalue weighted by Crippen LogP contribution is -1.89. The highest BCUT2D eigenvalue weighted by atomic mass is 32.1. The highest BCUT2D eigenvalue weighted by molar-refractivity contribution is 7.19. The van der Waals surface area contributed by atoms with Crippen molar-refractivity contribution >= 4 is 21.5 Å². The third kappa shape index (κ3) is 2.02. The predicted octanol–water partition coefficient (Wildman–Crippen LogP) is 3.10. The highest BCUT2D eigenvalue weighted by Gasteiger charge is 2.09. The second-order valence-corrected chi connectivity index (χ2v) is 5.10. The molecule has 16 heavy (non-hydrogen) atoms. The first-order chi connectivity index (χ1) is 7.58. The van der Waals surface area contributed by atoms with Crippen molar-refractivity contribution in [1.29, 1.82) is 0 Å². The summed E-state index contributed by atoms with van der Waals surface area (Å²) < 4.78 is 0. The second-order valence-electron chi connectivity index (χ2n) is 4.04. The minimum atomic E-state index is 0.514. The van der Waals surface area contributed by atoms with Crippen molar-refractivity contribution in [1.82, 2.24) is 4.98 Å². The van der Waals surface area contributed by atoms with E-state index in [0.29, 0.717) is 16.1 Å². The maximum absolute atomic E-state index is 5.85. The number of nitrogen functional groups attached to an aromatic ring is 2. The van der Waals surface area contributed by atoms with E-state index in [2.05, 4.69) is 31.0 Å². The fourth-order valence-corrected chi connectivity index (χ4v) is 2.20. The molecule has 1 aromatic heterocycles. The Balaban J connectivity index is 2.38. The van der Waals surface area contributed by atoms with E-state index in [4.69, 9.17) is 11.5 Å². The van der Waals surface area contributed by atoms with Gasteiger partial charge in [0.25, 0.3) is 0 Å². The molecule has 0 aliphatic heterocycles. The van der Waals surface area contributed by atoms with Crippen LogP contribution in [0.5, 0.6) is 0 Å². The van der Waals surface area contributed by atoms with Crippen LogP contribution in [0.1, 0.15) is 25.3 Å². The van der Waals surface area contributed by atoms with Crippen LogP contribution in [0, 0.1) is 0 Å². The first-order valence-electron chi connectivity index (χ1n) is 5.20. The molecule has 1 heterocycles. The van der Waals surface area contributed by atoms with Crippen LogP contribution < -0.4 is 11.5 Å². The van der Waals surface area contributed by atoms with Gasteiger partial charge in [-0.05, 0) is 11.5 Å². The molecule has 0 spiro atoms. The Morgan fingerprint density at radius 3 is 2.19 bits per heavy atom. The molecular weight excluding hydrogens is 218 g/mol. The number of benzene rings is 1. The van der Waals surface area contributed by atoms with Crippen molar-refractivity contribution in [2.75, 3.05) is 11.5 Å². The van der Waals surface area contributed by atoms with Crippen LogP contribution in [0.4, 0.5) is 10.1 Å². The summed E-state index contributed by atoms with van der Waals surface area (Å²) in [5, 5.41) is 1.19. The molecule has 0 amide bonds. The summed E-state index contributed by atoms with van der Waals surface area (Å²) in [6.45, 7) is 4.34. The maximum Gasteiger partial charge on any atom is 0.182 e. The quantitative estimate of drug-likeness (QED) is 0.837. The number of aromatic nitrogens is 1. The van der Waals surface area contributed by atoms with Crippen LogP contribution >= 0.6 is 11.3 Å². The van der Waals surface area contributed by atoms with Gasteiger partial charge in [0.05, 0.1) is 0 Å². The zero-order chi connectivity index (χ0) is 11.7. The number of thiazole rings is 1. The Bertz CT molecular complexity index is 485. The molecule has 3 nitrogen and oxygen atoms in total. The van der Waals surface area contributed by atoms with E-state index in [9.17, 15) is 0 Å². The molecule has 2 aromatic rings. The fraction of sp³-hybridized carbons (Fsp3) is 0.250. The monoisotopic (exact) mass is 233 g/mol. The van der Waals surface area contributed by atoms with E-state index >= 15 is 0 Å². The SMILES string of the molecule is CC(C)c1ccc(-c2nc(N)sc2N)cc1. The van der Waals surface area contributed by atoms with Crippen molar-refractivity contribution in [2.45, 2.75) is 19.8 Å². The van der Waals surface area contributed by atoms with Crippen molar-refractivity contribution in [3.63, 3.8) is 0 Å². The summed E-state index contributed by atoms with van der Waals surface area (Å²) in [7, 11) is 0. The van der Waals surface area contributed by atoms with Gasteiger partial charge < -0.3 is 11.5 Å². The van der Waals surface area contributed by atoms with Gasteiger partial charge in [-0.25, -0.2) is 4.98 Å². The molecule has 1 aromatic carbocycles. The standard InChI is InChI=1S/C12H15N3S/c1-7(2)8-3-5-9(6-4-8)10-11(13)16-12(14)15-10/h3-7H,13H2,1-2H3,(H2,14,15). The van der Waals surface area contributed by atoms with Crippen molar-refractivity contribution < 1.29 is 0 Å². The van der Waals surface area contributed by atoms with E-state index in [1.54, 1.807) is 0 Å². The molecule has 0 saturated heterocycles. The Labute approximate surface area is 99.1 Å². The van der Waals surface area contributed by atoms with Crippen molar-refractivity contribution in [3.8, 4) is 11.3 Å². The van der Waals surface area contributed by atoms with Crippen LogP contribution in [0.3, 0.4) is 0 Å². The number of hydrogen-bond acceptors (Lipinski definition) is 4. The van der Waals surface area contributed by atoms with Gasteiger partial charge in [0.15, 0.2) is 5.13 Å². The van der Waals surface area contributed by atoms with Crippen LogP contribution in [-0.2, 0) is 0 Å². The summed E-state index contributed by atoms with van der Waals surface area (Å²) >= 11 is 1.32. The van der Waals surface area contributed by atoms with Gasteiger partial charge in [-0.1, -0.05) is 49.4 Å². The summed E-state index contributed by atoms with van der Waals surface area (Å²) in [6.07, 6.45) is 0. The van der Waals surface area contributed by atoms with Crippen molar-refractivity contribution in [2.24, 2.45) is 0 Å². The summed E-state index contributed by atoms with van der Waals surface area (Å²) in [5.74, 6) is 0.534. The van der Waals surface area contributed by atoms with Gasteiger partial charge in [-0.15, -0.1) is 0 Å². The van der Waals surface area contributed by atoms with Gasteiger partial charge in [0.1, 0.15) is 10.7 Å². The number of nitrogens with two attached hydrogens (primary N) is 2. The molecule has 0 fully saturated rings. The molecule has 0 saturated carbocycles. The van der Waals surface area contributed by atoms with E-state index < -0.39 is 0 Å². The van der Waals surface area contributed by atoms with Gasteiger partial charge >= 0.3 is 0 Å². The van der Waals surface area contributed by atoms with Crippen LogP contribution in [-0.4, -0.2) is 4.98 Å². The summed E-state index contributed by atoms with van der Waals surface area (Å²) in [4.78, 5) is 4.23. The predicted molar refractivity (Wildman–Crippen MR) is 70.5 cm³/mol. The van der Waals surface area contributed by atoms with Crippen LogP contribution in [0.15, 0.2) is 24.3 Å². The Morgan fingerprint density at radius 1 is 1.12 bits per heavy atom. The molecule has 0 radical (unpaired) electrons. The van der Waals surface area contributed by atoms with Gasteiger partial charge in [0.2, 0.25) is 0 Å². The smallest absolute Gasteiger partial charge is 0.182 e. The number of anilines is 2. The molecule has 4 heteroatoms. The van der Waals surface area contributed by atoms with Gasteiger partial charge in [-0.3, -0.25) is 0 Å². The third-order valence-electron chi connectivity index (χ3n) is 2.52. The maximum atomic E-state index is 5.85. The topological polar surface area (TPSA) is 64.9 Å². The summed E-state index contributed by atoms with van der Waals surface area (Å²) in [5.41, 5.74) is 14.6. The summed E-state index contributed by atoms with van der Waals surface area (Å²) in [6, 6.07) is 8.30. The largest absolute Gasteiger partial charge is 0.389 e. The van der Waals surface area contributed by atoms with Crippen LogP contribution in [0.2, 0.25) is 0 Å².